The van der Waals surface area contributed by atoms with Crippen LogP contribution in [0.1, 0.15) is 27.2 Å². The normalized spacial score (nSPS) is 11.3. The molecule has 0 aliphatic carbocycles. The van der Waals surface area contributed by atoms with E-state index in [0.717, 1.165) is 22.4 Å². The van der Waals surface area contributed by atoms with Gasteiger partial charge in [-0.25, -0.2) is 0 Å². The number of allylic oxidation sites excluding steroid dienone is 1. The van der Waals surface area contributed by atoms with Crippen molar-refractivity contribution in [1.82, 2.24) is 9.78 Å². The fraction of sp³-hybridized carbons (Fsp3) is 0.0800. The van der Waals surface area contributed by atoms with E-state index in [4.69, 9.17) is 9.52 Å². The number of rotatable bonds is 6. The fourth-order valence-electron chi connectivity index (χ4n) is 3.26. The molecule has 0 fully saturated rings. The zero-order valence-corrected chi connectivity index (χ0v) is 16.4. The van der Waals surface area contributed by atoms with Crippen LogP contribution >= 0.6 is 0 Å². The van der Waals surface area contributed by atoms with Gasteiger partial charge in [0.05, 0.1) is 18.5 Å². The second-order valence-electron chi connectivity index (χ2n) is 6.96. The van der Waals surface area contributed by atoms with E-state index in [9.17, 15) is 10.1 Å². The molecule has 0 aliphatic rings. The monoisotopic (exact) mass is 393 g/mol. The standard InChI is InChI=1S/C25H19N3O2/c1-18-7-5-10-20(13-18)24-22(14-21(15-26)25(29)23-11-6-12-30-23)17-28(27-24)16-19-8-3-2-4-9-19/h2-14,17H,16H2,1H3/b21-14+. The molecule has 4 rings (SSSR count). The molecule has 0 amide bonds. The van der Waals surface area contributed by atoms with Gasteiger partial charge in [-0.1, -0.05) is 54.1 Å². The van der Waals surface area contributed by atoms with Gasteiger partial charge < -0.3 is 4.42 Å². The molecule has 0 spiro atoms. The van der Waals surface area contributed by atoms with E-state index in [0.29, 0.717) is 12.1 Å². The number of furan rings is 1. The van der Waals surface area contributed by atoms with Gasteiger partial charge in [0.2, 0.25) is 5.78 Å². The van der Waals surface area contributed by atoms with Crippen molar-refractivity contribution in [3.63, 3.8) is 0 Å². The molecule has 5 nitrogen and oxygen atoms in total. The number of Topliss-reactive ketones (excluding diaryl/α,β-unsaturated/α-hetero) is 1. The summed E-state index contributed by atoms with van der Waals surface area (Å²) in [7, 11) is 0. The lowest BCUT2D eigenvalue weighted by Crippen LogP contribution is -2.00. The summed E-state index contributed by atoms with van der Waals surface area (Å²) in [5.74, 6) is -0.315. The summed E-state index contributed by atoms with van der Waals surface area (Å²) in [6.45, 7) is 2.60. The molecule has 0 radical (unpaired) electrons. The molecule has 0 saturated carbocycles. The van der Waals surface area contributed by atoms with Crippen LogP contribution in [-0.4, -0.2) is 15.6 Å². The molecular weight excluding hydrogens is 374 g/mol. The maximum Gasteiger partial charge on any atom is 0.238 e. The highest BCUT2D eigenvalue weighted by atomic mass is 16.3. The Morgan fingerprint density at radius 3 is 2.67 bits per heavy atom. The summed E-state index contributed by atoms with van der Waals surface area (Å²) in [5.41, 5.74) is 4.56. The number of carbonyl (C=O) groups excluding carboxylic acids is 1. The highest BCUT2D eigenvalue weighted by Crippen LogP contribution is 2.26. The van der Waals surface area contributed by atoms with Crippen molar-refractivity contribution in [2.24, 2.45) is 0 Å². The molecule has 0 unspecified atom stereocenters. The van der Waals surface area contributed by atoms with Crippen molar-refractivity contribution >= 4 is 11.9 Å². The predicted molar refractivity (Wildman–Crippen MR) is 115 cm³/mol. The number of benzene rings is 2. The molecule has 0 saturated heterocycles. The number of ketones is 1. The molecule has 30 heavy (non-hydrogen) atoms. The summed E-state index contributed by atoms with van der Waals surface area (Å²) >= 11 is 0. The minimum atomic E-state index is -0.450. The molecule has 146 valence electrons. The summed E-state index contributed by atoms with van der Waals surface area (Å²) in [5, 5.41) is 14.4. The highest BCUT2D eigenvalue weighted by Gasteiger charge is 2.17. The van der Waals surface area contributed by atoms with Crippen LogP contribution in [0.3, 0.4) is 0 Å². The fourth-order valence-corrected chi connectivity index (χ4v) is 3.26. The lowest BCUT2D eigenvalue weighted by Gasteiger charge is -2.02. The van der Waals surface area contributed by atoms with Gasteiger partial charge in [0.15, 0.2) is 5.76 Å². The van der Waals surface area contributed by atoms with Gasteiger partial charge in [-0.3, -0.25) is 9.48 Å². The maximum absolute atomic E-state index is 12.6. The number of aromatic nitrogens is 2. The van der Waals surface area contributed by atoms with Crippen molar-refractivity contribution in [3.05, 3.63) is 107 Å². The number of hydrogen-bond donors (Lipinski definition) is 0. The van der Waals surface area contributed by atoms with Gasteiger partial charge >= 0.3 is 0 Å². The van der Waals surface area contributed by atoms with Crippen LogP contribution in [0.25, 0.3) is 17.3 Å². The van der Waals surface area contributed by atoms with E-state index >= 15 is 0 Å². The maximum atomic E-state index is 12.6. The van der Waals surface area contributed by atoms with Crippen molar-refractivity contribution in [2.75, 3.05) is 0 Å². The molecule has 5 heteroatoms. The second kappa shape index (κ2) is 8.46. The van der Waals surface area contributed by atoms with Crippen LogP contribution in [0.15, 0.2) is 89.2 Å². The van der Waals surface area contributed by atoms with E-state index in [2.05, 4.69) is 0 Å². The molecule has 0 N–H and O–H groups in total. The van der Waals surface area contributed by atoms with Gasteiger partial charge in [-0.2, -0.15) is 10.4 Å². The molecule has 2 aromatic carbocycles. The molecule has 0 aliphatic heterocycles. The Balaban J connectivity index is 1.78. The Labute approximate surface area is 174 Å². The highest BCUT2D eigenvalue weighted by molar-refractivity contribution is 6.12. The Bertz CT molecular complexity index is 1240. The Hall–Kier alpha value is -4.17. The summed E-state index contributed by atoms with van der Waals surface area (Å²) < 4.78 is 6.99. The topological polar surface area (TPSA) is 71.8 Å². The van der Waals surface area contributed by atoms with E-state index < -0.39 is 5.78 Å². The number of nitrogens with zero attached hydrogens (tertiary/aromatic N) is 3. The zero-order chi connectivity index (χ0) is 20.9. The van der Waals surface area contributed by atoms with Crippen LogP contribution < -0.4 is 0 Å². The largest absolute Gasteiger partial charge is 0.461 e. The van der Waals surface area contributed by atoms with Crippen molar-refractivity contribution in [2.45, 2.75) is 13.5 Å². The molecule has 2 aromatic heterocycles. The summed E-state index contributed by atoms with van der Waals surface area (Å²) in [6, 6.07) is 23.2. The summed E-state index contributed by atoms with van der Waals surface area (Å²) in [4.78, 5) is 12.6. The van der Waals surface area contributed by atoms with Crippen molar-refractivity contribution < 1.29 is 9.21 Å². The number of aryl methyl sites for hydroxylation is 1. The summed E-state index contributed by atoms with van der Waals surface area (Å²) in [6.07, 6.45) is 4.85. The van der Waals surface area contributed by atoms with Crippen molar-refractivity contribution in [3.8, 4) is 17.3 Å². The van der Waals surface area contributed by atoms with Gasteiger partial charge in [0, 0.05) is 17.3 Å². The van der Waals surface area contributed by atoms with Gasteiger partial charge in [-0.05, 0) is 36.8 Å². The first-order valence-electron chi connectivity index (χ1n) is 9.52. The third-order valence-corrected chi connectivity index (χ3v) is 4.68. The van der Waals surface area contributed by atoms with E-state index in [1.165, 1.54) is 6.26 Å². The van der Waals surface area contributed by atoms with Crippen LogP contribution in [0.5, 0.6) is 0 Å². The molecule has 0 bridgehead atoms. The van der Waals surface area contributed by atoms with E-state index in [1.807, 2.05) is 78.5 Å². The van der Waals surface area contributed by atoms with Gasteiger partial charge in [0.1, 0.15) is 11.6 Å². The number of nitriles is 1. The molecule has 4 aromatic rings. The minimum absolute atomic E-state index is 0.00175. The Morgan fingerprint density at radius 2 is 1.97 bits per heavy atom. The average molecular weight is 393 g/mol. The molecule has 0 atom stereocenters. The van der Waals surface area contributed by atoms with Gasteiger partial charge in [0.25, 0.3) is 0 Å². The van der Waals surface area contributed by atoms with E-state index in [-0.39, 0.29) is 11.3 Å². The lowest BCUT2D eigenvalue weighted by atomic mass is 10.0. The predicted octanol–water partition coefficient (Wildman–Crippen LogP) is 5.29. The molecule has 2 heterocycles. The third kappa shape index (κ3) is 4.13. The van der Waals surface area contributed by atoms with Crippen LogP contribution in [0.2, 0.25) is 0 Å². The van der Waals surface area contributed by atoms with Crippen LogP contribution in [0, 0.1) is 18.3 Å². The van der Waals surface area contributed by atoms with Crippen molar-refractivity contribution in [1.29, 1.82) is 5.26 Å². The second-order valence-corrected chi connectivity index (χ2v) is 6.96. The quantitative estimate of drug-likeness (QED) is 0.253. The minimum Gasteiger partial charge on any atom is -0.461 e. The van der Waals surface area contributed by atoms with Crippen LogP contribution in [-0.2, 0) is 6.54 Å². The SMILES string of the molecule is Cc1cccc(-c2nn(Cc3ccccc3)cc2/C=C(\C#N)C(=O)c2ccco2)c1. The smallest absolute Gasteiger partial charge is 0.238 e. The first kappa shape index (κ1) is 19.2. The third-order valence-electron chi connectivity index (χ3n) is 4.68. The first-order valence-corrected chi connectivity index (χ1v) is 9.52. The van der Waals surface area contributed by atoms with E-state index in [1.54, 1.807) is 18.2 Å². The zero-order valence-electron chi connectivity index (χ0n) is 16.4. The Morgan fingerprint density at radius 1 is 1.13 bits per heavy atom. The van der Waals surface area contributed by atoms with Gasteiger partial charge in [-0.15, -0.1) is 0 Å². The average Bonchev–Trinajstić information content (AvgIpc) is 3.42. The molecular formula is C25H19N3O2. The lowest BCUT2D eigenvalue weighted by molar-refractivity contribution is 0.101. The Kier molecular flexibility index (Phi) is 5.40. The number of carbonyl (C=O) groups is 1. The first-order chi connectivity index (χ1) is 14.6. The van der Waals surface area contributed by atoms with Crippen LogP contribution in [0.4, 0.5) is 0 Å². The number of hydrogen-bond acceptors (Lipinski definition) is 4.